The molecule has 0 bridgehead atoms. The van der Waals surface area contributed by atoms with Crippen LogP contribution >= 0.6 is 33.9 Å². The lowest BCUT2D eigenvalue weighted by atomic mass is 10.3. The van der Waals surface area contributed by atoms with Crippen molar-refractivity contribution >= 4 is 39.8 Å². The minimum absolute atomic E-state index is 0.503. The van der Waals surface area contributed by atoms with E-state index < -0.39 is 0 Å². The monoisotopic (exact) mass is 307 g/mol. The van der Waals surface area contributed by atoms with E-state index in [1.807, 2.05) is 0 Å². The summed E-state index contributed by atoms with van der Waals surface area (Å²) < 4.78 is 1.26. The van der Waals surface area contributed by atoms with E-state index in [0.717, 1.165) is 11.4 Å². The molecule has 70 valence electrons. The van der Waals surface area contributed by atoms with Crippen molar-refractivity contribution in [2.24, 2.45) is 10.8 Å². The van der Waals surface area contributed by atoms with Crippen molar-refractivity contribution in [2.45, 2.75) is 18.9 Å². The summed E-state index contributed by atoms with van der Waals surface area (Å²) in [5.74, 6) is 6.23. The number of nitrogens with one attached hydrogen (secondary N) is 1. The van der Waals surface area contributed by atoms with Crippen LogP contribution in [0.25, 0.3) is 0 Å². The number of nitrogens with zero attached hydrogens (tertiary/aromatic N) is 1. The molecular formula is C8H10IN3S. The molecule has 0 unspecified atom stereocenters. The second kappa shape index (κ2) is 3.93. The third-order valence-corrected chi connectivity index (χ3v) is 3.63. The average molecular weight is 307 g/mol. The standard InChI is InChI=1S/C8H10IN3S/c9-7-3-5(4-13-7)8(12-10)11-6-1-2-6/h3-4,6H,1-2,10H2,(H,11,12). The topological polar surface area (TPSA) is 50.4 Å². The van der Waals surface area contributed by atoms with Gasteiger partial charge in [0.15, 0.2) is 0 Å². The zero-order valence-corrected chi connectivity index (χ0v) is 9.93. The molecule has 13 heavy (non-hydrogen) atoms. The third-order valence-electron chi connectivity index (χ3n) is 1.84. The van der Waals surface area contributed by atoms with Crippen LogP contribution in [0.15, 0.2) is 16.4 Å². The van der Waals surface area contributed by atoms with Crippen LogP contribution in [0.4, 0.5) is 0 Å². The van der Waals surface area contributed by atoms with Gasteiger partial charge in [0.1, 0.15) is 5.84 Å². The number of thiophene rings is 1. The Morgan fingerprint density at radius 2 is 2.46 bits per heavy atom. The second-order valence-electron chi connectivity index (χ2n) is 2.99. The van der Waals surface area contributed by atoms with Crippen LogP contribution in [0.3, 0.4) is 0 Å². The number of nitrogens with two attached hydrogens (primary N) is 1. The highest BCUT2D eigenvalue weighted by atomic mass is 127. The van der Waals surface area contributed by atoms with Gasteiger partial charge in [-0.25, -0.2) is 5.84 Å². The van der Waals surface area contributed by atoms with Crippen molar-refractivity contribution in [3.05, 3.63) is 19.9 Å². The largest absolute Gasteiger partial charge is 0.308 e. The number of aliphatic imine (C=N–C) groups is 1. The van der Waals surface area contributed by atoms with Crippen LogP contribution < -0.4 is 11.3 Å². The van der Waals surface area contributed by atoms with Crippen molar-refractivity contribution in [3.8, 4) is 0 Å². The van der Waals surface area contributed by atoms with Crippen molar-refractivity contribution < 1.29 is 0 Å². The van der Waals surface area contributed by atoms with Crippen molar-refractivity contribution in [1.82, 2.24) is 5.43 Å². The first-order chi connectivity index (χ1) is 6.29. The maximum Gasteiger partial charge on any atom is 0.143 e. The molecule has 0 aromatic carbocycles. The number of hydrogen-bond acceptors (Lipinski definition) is 3. The Hall–Kier alpha value is -0.140. The number of halogens is 1. The highest BCUT2D eigenvalue weighted by molar-refractivity contribution is 14.1. The molecule has 0 radical (unpaired) electrons. The summed E-state index contributed by atoms with van der Waals surface area (Å²) in [5, 5.41) is 2.07. The SMILES string of the molecule is NNC(=NC1CC1)c1csc(I)c1. The highest BCUT2D eigenvalue weighted by Gasteiger charge is 2.21. The zero-order chi connectivity index (χ0) is 9.26. The predicted octanol–water partition coefficient (Wildman–Crippen LogP) is 1.72. The highest BCUT2D eigenvalue weighted by Crippen LogP contribution is 2.25. The molecule has 2 rings (SSSR count). The van der Waals surface area contributed by atoms with E-state index >= 15 is 0 Å². The minimum atomic E-state index is 0.503. The summed E-state index contributed by atoms with van der Waals surface area (Å²) in [6.07, 6.45) is 2.40. The minimum Gasteiger partial charge on any atom is -0.308 e. The summed E-state index contributed by atoms with van der Waals surface area (Å²) >= 11 is 4.00. The Kier molecular flexibility index (Phi) is 2.85. The molecule has 1 aliphatic rings. The third kappa shape index (κ3) is 2.41. The van der Waals surface area contributed by atoms with Crippen LogP contribution in [-0.2, 0) is 0 Å². The molecule has 1 heterocycles. The summed E-state index contributed by atoms with van der Waals surface area (Å²) in [6, 6.07) is 2.59. The van der Waals surface area contributed by atoms with Gasteiger partial charge in [0, 0.05) is 10.9 Å². The molecule has 1 aromatic rings. The van der Waals surface area contributed by atoms with Gasteiger partial charge in [-0.3, -0.25) is 4.99 Å². The van der Waals surface area contributed by atoms with Crippen LogP contribution in [0.5, 0.6) is 0 Å². The smallest absolute Gasteiger partial charge is 0.143 e. The van der Waals surface area contributed by atoms with E-state index in [9.17, 15) is 0 Å². The molecule has 1 saturated carbocycles. The van der Waals surface area contributed by atoms with Gasteiger partial charge in [-0.15, -0.1) is 11.3 Å². The van der Waals surface area contributed by atoms with Gasteiger partial charge in [-0.2, -0.15) is 0 Å². The van der Waals surface area contributed by atoms with E-state index in [4.69, 9.17) is 5.84 Å². The van der Waals surface area contributed by atoms with Gasteiger partial charge >= 0.3 is 0 Å². The van der Waals surface area contributed by atoms with Crippen LogP contribution in [0.2, 0.25) is 0 Å². The molecule has 0 spiro atoms. The molecule has 0 amide bonds. The summed E-state index contributed by atoms with van der Waals surface area (Å²) in [7, 11) is 0. The van der Waals surface area contributed by atoms with Gasteiger partial charge in [0.05, 0.1) is 8.93 Å². The van der Waals surface area contributed by atoms with Crippen LogP contribution in [-0.4, -0.2) is 11.9 Å². The Balaban J connectivity index is 2.20. The van der Waals surface area contributed by atoms with Crippen molar-refractivity contribution in [3.63, 3.8) is 0 Å². The molecule has 0 atom stereocenters. The number of rotatable bonds is 2. The normalized spacial score (nSPS) is 17.5. The fourth-order valence-corrected chi connectivity index (χ4v) is 2.35. The van der Waals surface area contributed by atoms with Gasteiger partial charge in [0.25, 0.3) is 0 Å². The van der Waals surface area contributed by atoms with Gasteiger partial charge in [-0.05, 0) is 41.5 Å². The van der Waals surface area contributed by atoms with Crippen molar-refractivity contribution in [1.29, 1.82) is 0 Å². The lowest BCUT2D eigenvalue weighted by Gasteiger charge is -2.01. The zero-order valence-electron chi connectivity index (χ0n) is 6.96. The Morgan fingerprint density at radius 3 is 2.92 bits per heavy atom. The lowest BCUT2D eigenvalue weighted by molar-refractivity contribution is 0.972. The molecule has 1 aromatic heterocycles. The molecule has 3 N–H and O–H groups in total. The lowest BCUT2D eigenvalue weighted by Crippen LogP contribution is -2.31. The molecule has 1 fully saturated rings. The molecule has 0 saturated heterocycles. The average Bonchev–Trinajstić information content (AvgIpc) is 2.84. The summed E-state index contributed by atoms with van der Waals surface area (Å²) in [4.78, 5) is 4.47. The number of hydrazine groups is 1. The van der Waals surface area contributed by atoms with E-state index in [1.165, 1.54) is 15.7 Å². The summed E-state index contributed by atoms with van der Waals surface area (Å²) in [6.45, 7) is 0. The quantitative estimate of drug-likeness (QED) is 0.287. The van der Waals surface area contributed by atoms with E-state index in [0.29, 0.717) is 6.04 Å². The maximum absolute atomic E-state index is 5.41. The second-order valence-corrected chi connectivity index (χ2v) is 5.80. The Morgan fingerprint density at radius 1 is 1.69 bits per heavy atom. The first-order valence-corrected chi connectivity index (χ1v) is 6.04. The van der Waals surface area contributed by atoms with Crippen LogP contribution in [0, 0.1) is 2.88 Å². The Labute approximate surface area is 94.5 Å². The van der Waals surface area contributed by atoms with Gasteiger partial charge < -0.3 is 5.43 Å². The Bertz CT molecular complexity index is 330. The molecule has 0 aliphatic heterocycles. The molecule has 1 aliphatic carbocycles. The number of hydrogen-bond donors (Lipinski definition) is 2. The predicted molar refractivity (Wildman–Crippen MR) is 63.9 cm³/mol. The van der Waals surface area contributed by atoms with E-state index in [1.54, 1.807) is 11.3 Å². The van der Waals surface area contributed by atoms with E-state index in [-0.39, 0.29) is 0 Å². The van der Waals surface area contributed by atoms with Crippen molar-refractivity contribution in [2.75, 3.05) is 0 Å². The summed E-state index contributed by atoms with van der Waals surface area (Å²) in [5.41, 5.74) is 3.76. The fourth-order valence-electron chi connectivity index (χ4n) is 1.02. The van der Waals surface area contributed by atoms with E-state index in [2.05, 4.69) is 44.5 Å². The molecule has 3 nitrogen and oxygen atoms in total. The molecular weight excluding hydrogens is 297 g/mol. The van der Waals surface area contributed by atoms with Gasteiger partial charge in [-0.1, -0.05) is 0 Å². The fraction of sp³-hybridized carbons (Fsp3) is 0.375. The molecule has 5 heteroatoms. The van der Waals surface area contributed by atoms with Gasteiger partial charge in [0.2, 0.25) is 0 Å². The van der Waals surface area contributed by atoms with Crippen LogP contribution in [0.1, 0.15) is 18.4 Å². The number of amidine groups is 1. The first-order valence-electron chi connectivity index (χ1n) is 4.08. The maximum atomic E-state index is 5.41. The first kappa shape index (κ1) is 9.42.